The highest BCUT2D eigenvalue weighted by atomic mass is 35.5. The van der Waals surface area contributed by atoms with Gasteiger partial charge in [-0.2, -0.15) is 11.3 Å². The zero-order valence-electron chi connectivity index (χ0n) is 14.5. The number of carbonyl (C=O) groups excluding carboxylic acids is 2. The van der Waals surface area contributed by atoms with E-state index >= 15 is 0 Å². The van der Waals surface area contributed by atoms with Crippen LogP contribution in [-0.4, -0.2) is 21.9 Å². The summed E-state index contributed by atoms with van der Waals surface area (Å²) < 4.78 is 0. The first-order valence-corrected chi connectivity index (χ1v) is 10.7. The molecule has 5 nitrogen and oxygen atoms in total. The molecule has 0 radical (unpaired) electrons. The van der Waals surface area contributed by atoms with Gasteiger partial charge in [-0.05, 0) is 40.6 Å². The first kappa shape index (κ1) is 19.0. The number of aromatic nitrogens is 1. The number of piperidine rings is 1. The highest BCUT2D eigenvalue weighted by Gasteiger charge is 2.48. The van der Waals surface area contributed by atoms with Crippen molar-refractivity contribution < 1.29 is 9.59 Å². The molecule has 0 bridgehead atoms. The van der Waals surface area contributed by atoms with Gasteiger partial charge < -0.3 is 10.3 Å². The zero-order chi connectivity index (χ0) is 19.7. The second kappa shape index (κ2) is 7.58. The summed E-state index contributed by atoms with van der Waals surface area (Å²) in [5.74, 6) is -0.623. The van der Waals surface area contributed by atoms with Crippen LogP contribution in [-0.2, 0) is 15.1 Å². The van der Waals surface area contributed by atoms with Crippen LogP contribution < -0.4 is 10.9 Å². The third-order valence-electron chi connectivity index (χ3n) is 4.63. The van der Waals surface area contributed by atoms with E-state index in [1.807, 2.05) is 22.9 Å². The Balaban J connectivity index is 1.72. The number of amides is 1. The summed E-state index contributed by atoms with van der Waals surface area (Å²) in [6.45, 7) is 0. The Hall–Kier alpha value is -2.35. The number of halogens is 1. The normalized spacial score (nSPS) is 22.1. The number of Topliss-reactive ketones (excluding diaryl/α,β-unsaturated/α-hetero) is 1. The lowest BCUT2D eigenvalue weighted by Gasteiger charge is -2.39. The first-order chi connectivity index (χ1) is 13.5. The largest absolute Gasteiger partial charge is 0.339 e. The third kappa shape index (κ3) is 3.41. The SMILES string of the molecule is O=C1CC(c2ccsc2)(c2cccc(=O)[nH]2)NC(=O)C1Sc1ccccc1Cl. The van der Waals surface area contributed by atoms with Crippen LogP contribution in [0.2, 0.25) is 5.02 Å². The molecule has 4 rings (SSSR count). The van der Waals surface area contributed by atoms with Gasteiger partial charge in [-0.1, -0.05) is 29.8 Å². The van der Waals surface area contributed by atoms with E-state index in [9.17, 15) is 14.4 Å². The fraction of sp³-hybridized carbons (Fsp3) is 0.150. The van der Waals surface area contributed by atoms with Crippen molar-refractivity contribution in [3.63, 3.8) is 0 Å². The summed E-state index contributed by atoms with van der Waals surface area (Å²) in [6, 6.07) is 13.7. The number of hydrogen-bond acceptors (Lipinski definition) is 5. The maximum atomic E-state index is 13.1. The number of nitrogens with one attached hydrogen (secondary N) is 2. The Morgan fingerprint density at radius 3 is 2.57 bits per heavy atom. The standard InChI is InChI=1S/C20H15ClN2O3S2/c21-13-4-1-2-5-15(13)28-18-14(24)10-20(23-19(18)26,12-8-9-27-11-12)16-6-3-7-17(25)22-16/h1-9,11,18H,10H2,(H,22,25)(H,23,26). The molecule has 0 aliphatic carbocycles. The maximum absolute atomic E-state index is 13.1. The summed E-state index contributed by atoms with van der Waals surface area (Å²) in [5, 5.41) is 6.35. The van der Waals surface area contributed by atoms with Crippen LogP contribution in [0.15, 0.2) is 69.0 Å². The number of rotatable bonds is 4. The van der Waals surface area contributed by atoms with Crippen molar-refractivity contribution in [2.45, 2.75) is 22.1 Å². The Morgan fingerprint density at radius 1 is 1.07 bits per heavy atom. The number of hydrogen-bond donors (Lipinski definition) is 2. The van der Waals surface area contributed by atoms with Crippen LogP contribution in [0.1, 0.15) is 17.7 Å². The Bertz CT molecular complexity index is 1080. The molecule has 2 aromatic heterocycles. The van der Waals surface area contributed by atoms with Crippen molar-refractivity contribution >= 4 is 46.4 Å². The molecule has 0 spiro atoms. The minimum Gasteiger partial charge on any atom is -0.339 e. The third-order valence-corrected chi connectivity index (χ3v) is 7.08. The van der Waals surface area contributed by atoms with Crippen molar-refractivity contribution in [3.05, 3.63) is 85.9 Å². The number of thioether (sulfide) groups is 1. The van der Waals surface area contributed by atoms with Crippen LogP contribution >= 0.6 is 34.7 Å². The number of H-pyrrole nitrogens is 1. The summed E-state index contributed by atoms with van der Waals surface area (Å²) in [4.78, 5) is 41.4. The smallest absolute Gasteiger partial charge is 0.248 e. The molecule has 1 amide bonds. The molecule has 3 aromatic rings. The molecular weight excluding hydrogens is 416 g/mol. The summed E-state index contributed by atoms with van der Waals surface area (Å²) in [7, 11) is 0. The lowest BCUT2D eigenvalue weighted by Crippen LogP contribution is -2.58. The van der Waals surface area contributed by atoms with Gasteiger partial charge in [0.15, 0.2) is 5.78 Å². The second-order valence-corrected chi connectivity index (χ2v) is 8.74. The molecule has 2 N–H and O–H groups in total. The maximum Gasteiger partial charge on any atom is 0.248 e. The molecule has 0 saturated carbocycles. The van der Waals surface area contributed by atoms with Gasteiger partial charge in [0.1, 0.15) is 10.8 Å². The number of ketones is 1. The van der Waals surface area contributed by atoms with Gasteiger partial charge in [0, 0.05) is 23.1 Å². The van der Waals surface area contributed by atoms with E-state index < -0.39 is 16.7 Å². The molecule has 8 heteroatoms. The number of aromatic amines is 1. The molecule has 1 aliphatic heterocycles. The minimum atomic E-state index is -1.09. The van der Waals surface area contributed by atoms with Crippen LogP contribution in [0.3, 0.4) is 0 Å². The first-order valence-electron chi connectivity index (χ1n) is 8.48. The minimum absolute atomic E-state index is 0.0392. The quantitative estimate of drug-likeness (QED) is 0.620. The van der Waals surface area contributed by atoms with E-state index in [-0.39, 0.29) is 17.8 Å². The van der Waals surface area contributed by atoms with Crippen molar-refractivity contribution in [2.24, 2.45) is 0 Å². The molecule has 28 heavy (non-hydrogen) atoms. The monoisotopic (exact) mass is 430 g/mol. The lowest BCUT2D eigenvalue weighted by molar-refractivity contribution is -0.133. The van der Waals surface area contributed by atoms with E-state index in [2.05, 4.69) is 10.3 Å². The van der Waals surface area contributed by atoms with E-state index in [0.29, 0.717) is 15.6 Å². The molecule has 1 aromatic carbocycles. The second-order valence-electron chi connectivity index (χ2n) is 6.41. The predicted molar refractivity (Wildman–Crippen MR) is 111 cm³/mol. The van der Waals surface area contributed by atoms with E-state index in [4.69, 9.17) is 11.6 Å². The molecule has 1 fully saturated rings. The van der Waals surface area contributed by atoms with Crippen molar-refractivity contribution in [2.75, 3.05) is 0 Å². The lowest BCUT2D eigenvalue weighted by atomic mass is 9.79. The van der Waals surface area contributed by atoms with Crippen molar-refractivity contribution in [3.8, 4) is 0 Å². The topological polar surface area (TPSA) is 79.0 Å². The summed E-state index contributed by atoms with van der Waals surface area (Å²) in [6.07, 6.45) is 0.0392. The van der Waals surface area contributed by atoms with E-state index in [1.54, 1.807) is 30.3 Å². The van der Waals surface area contributed by atoms with Crippen molar-refractivity contribution in [1.29, 1.82) is 0 Å². The highest BCUT2D eigenvalue weighted by Crippen LogP contribution is 2.40. The van der Waals surface area contributed by atoms with Gasteiger partial charge in [-0.15, -0.1) is 11.8 Å². The van der Waals surface area contributed by atoms with Crippen LogP contribution in [0, 0.1) is 0 Å². The van der Waals surface area contributed by atoms with Crippen LogP contribution in [0.25, 0.3) is 0 Å². The van der Waals surface area contributed by atoms with Gasteiger partial charge in [0.05, 0.1) is 5.02 Å². The highest BCUT2D eigenvalue weighted by molar-refractivity contribution is 8.01. The van der Waals surface area contributed by atoms with Gasteiger partial charge in [0.25, 0.3) is 0 Å². The van der Waals surface area contributed by atoms with Crippen LogP contribution in [0.4, 0.5) is 0 Å². The average molecular weight is 431 g/mol. The number of benzene rings is 1. The fourth-order valence-corrected chi connectivity index (χ4v) is 5.28. The number of carbonyl (C=O) groups is 2. The van der Waals surface area contributed by atoms with E-state index in [1.165, 1.54) is 17.4 Å². The van der Waals surface area contributed by atoms with E-state index in [0.717, 1.165) is 17.3 Å². The van der Waals surface area contributed by atoms with Gasteiger partial charge in [-0.3, -0.25) is 14.4 Å². The van der Waals surface area contributed by atoms with Crippen molar-refractivity contribution in [1.82, 2.24) is 10.3 Å². The predicted octanol–water partition coefficient (Wildman–Crippen LogP) is 3.58. The Kier molecular flexibility index (Phi) is 5.14. The fourth-order valence-electron chi connectivity index (χ4n) is 3.30. The number of thiophene rings is 1. The summed E-state index contributed by atoms with van der Waals surface area (Å²) in [5.41, 5.74) is -0.128. The van der Waals surface area contributed by atoms with Gasteiger partial charge in [0.2, 0.25) is 11.5 Å². The van der Waals surface area contributed by atoms with Crippen LogP contribution in [0.5, 0.6) is 0 Å². The number of pyridine rings is 1. The molecule has 3 heterocycles. The van der Waals surface area contributed by atoms with Gasteiger partial charge >= 0.3 is 0 Å². The molecule has 1 aliphatic rings. The average Bonchev–Trinajstić information content (AvgIpc) is 3.21. The van der Waals surface area contributed by atoms with Gasteiger partial charge in [-0.25, -0.2) is 0 Å². The molecule has 2 unspecified atom stereocenters. The zero-order valence-corrected chi connectivity index (χ0v) is 16.9. The molecule has 2 atom stereocenters. The molecular formula is C20H15ClN2O3S2. The summed E-state index contributed by atoms with van der Waals surface area (Å²) >= 11 is 8.79. The Labute approximate surface area is 174 Å². The Morgan fingerprint density at radius 2 is 1.89 bits per heavy atom. The molecule has 142 valence electrons. The molecule has 1 saturated heterocycles.